The van der Waals surface area contributed by atoms with Crippen LogP contribution in [-0.4, -0.2) is 122 Å². The third kappa shape index (κ3) is 15.4. The first-order valence-corrected chi connectivity index (χ1v) is 37.0. The summed E-state index contributed by atoms with van der Waals surface area (Å²) in [6.07, 6.45) is 2.38. The molecule has 4 atom stereocenters. The number of ether oxygens (including phenoxy) is 4. The number of methoxy groups -OCH3 is 2. The molecule has 0 saturated carbocycles. The summed E-state index contributed by atoms with van der Waals surface area (Å²) in [5.74, 6) is 0.00253. The number of nitro groups is 1. The van der Waals surface area contributed by atoms with E-state index in [0.29, 0.717) is 68.2 Å². The van der Waals surface area contributed by atoms with Gasteiger partial charge in [-0.05, 0) is 180 Å². The van der Waals surface area contributed by atoms with Crippen molar-refractivity contribution in [3.8, 4) is 0 Å². The van der Waals surface area contributed by atoms with Gasteiger partial charge in [0.2, 0.25) is 0 Å². The van der Waals surface area contributed by atoms with Crippen molar-refractivity contribution in [1.82, 2.24) is 39.5 Å². The van der Waals surface area contributed by atoms with Crippen molar-refractivity contribution in [3.05, 3.63) is 284 Å². The number of halogens is 5. The number of benzene rings is 8. The van der Waals surface area contributed by atoms with E-state index in [1.807, 2.05) is 111 Å². The Morgan fingerprint density at radius 2 is 0.819 bits per heavy atom. The second kappa shape index (κ2) is 32.1. The number of H-pyrrole nitrogens is 4. The Labute approximate surface area is 632 Å². The highest BCUT2D eigenvalue weighted by Crippen LogP contribution is 2.45. The number of carbonyl (C=O) groups excluding carboxylic acids is 4. The second-order valence-corrected chi connectivity index (χ2v) is 29.2. The molecule has 4 N–H and O–H groups in total. The number of aromatic nitrogens is 4. The van der Waals surface area contributed by atoms with Crippen LogP contribution in [0.2, 0.25) is 10.0 Å². The molecule has 0 aliphatic carbocycles. The molecule has 8 aromatic carbocycles. The lowest BCUT2D eigenvalue weighted by Gasteiger charge is -2.35. The lowest BCUT2D eigenvalue weighted by atomic mass is 9.92. The summed E-state index contributed by atoms with van der Waals surface area (Å²) in [6.45, 7) is 9.09. The number of nitrogens with zero attached hydrogens (tertiary/aromatic N) is 5. The molecule has 4 aliphatic rings. The maximum Gasteiger partial charge on any atom is 0.410 e. The van der Waals surface area contributed by atoms with Crippen molar-refractivity contribution < 1.29 is 47.4 Å². The quantitative estimate of drug-likeness (QED) is 0.0607. The van der Waals surface area contributed by atoms with E-state index in [2.05, 4.69) is 100 Å². The number of nitrogens with one attached hydrogen (secondary N) is 4. The van der Waals surface area contributed by atoms with E-state index in [1.165, 1.54) is 60.4 Å². The molecular formula is C81H76Br2Cl2FN9O10. The smallest absolute Gasteiger partial charge is 0.410 e. The van der Waals surface area contributed by atoms with E-state index in [4.69, 9.17) is 42.1 Å². The molecule has 16 rings (SSSR count). The Bertz CT molecular complexity index is 5190. The third-order valence-corrected chi connectivity index (χ3v) is 20.9. The van der Waals surface area contributed by atoms with Gasteiger partial charge in [0.05, 0.1) is 32.4 Å². The molecule has 12 aromatic rings. The fourth-order valence-electron chi connectivity index (χ4n) is 14.7. The SMILES string of the molecule is CC(C)COC(=O)N1CCc2c([nH]c3ccc(Br)cc23)C1c1ccccc1.CCCOC(=O)N1CCc2c([nH]c3ccc(Cl)cc23)C1c1ccc([N+](=O)[O-])cc1.COC(=O)N1CCc2c([nH]c3ccc(Br)cc23)C1c1ccccc1.COC(=O)N1CCc2c([nH]c3ccc(Cl)cc23)C1c1ccc(F)cc1. The van der Waals surface area contributed by atoms with Gasteiger partial charge in [-0.25, -0.2) is 23.6 Å². The van der Waals surface area contributed by atoms with Crippen molar-refractivity contribution in [2.75, 3.05) is 53.6 Å². The van der Waals surface area contributed by atoms with Gasteiger partial charge in [-0.1, -0.05) is 149 Å². The van der Waals surface area contributed by atoms with Crippen molar-refractivity contribution in [2.24, 2.45) is 5.92 Å². The lowest BCUT2D eigenvalue weighted by Crippen LogP contribution is -2.41. The molecule has 4 aromatic heterocycles. The Balaban J connectivity index is 0.000000124. The van der Waals surface area contributed by atoms with Gasteiger partial charge in [0.1, 0.15) is 30.0 Å². The van der Waals surface area contributed by atoms with Crippen LogP contribution in [0.5, 0.6) is 0 Å². The molecule has 19 nitrogen and oxygen atoms in total. The van der Waals surface area contributed by atoms with Gasteiger partial charge < -0.3 is 38.9 Å². The molecule has 0 fully saturated rings. The van der Waals surface area contributed by atoms with Crippen molar-refractivity contribution >= 4 is 129 Å². The average Bonchev–Trinajstić information content (AvgIpc) is 1.63. The molecule has 0 bridgehead atoms. The van der Waals surface area contributed by atoms with Gasteiger partial charge in [0, 0.05) is 124 Å². The van der Waals surface area contributed by atoms with Crippen LogP contribution >= 0.6 is 55.1 Å². The normalized spacial score (nSPS) is 16.5. The van der Waals surface area contributed by atoms with Crippen LogP contribution in [0.4, 0.5) is 29.3 Å². The molecule has 4 unspecified atom stereocenters. The number of fused-ring (bicyclic) bond motifs is 12. The first-order valence-electron chi connectivity index (χ1n) is 34.7. The maximum atomic E-state index is 13.4. The molecule has 24 heteroatoms. The Morgan fingerprint density at radius 1 is 0.486 bits per heavy atom. The lowest BCUT2D eigenvalue weighted by molar-refractivity contribution is -0.384. The first-order chi connectivity index (χ1) is 50.8. The Hall–Kier alpha value is -10.1. The predicted octanol–water partition coefficient (Wildman–Crippen LogP) is 20.2. The standard InChI is InChI=1S/C22H23BrN2O2.C21H20ClN3O4.C19H17BrN2O2.C19H16ClFN2O2/c1-14(2)13-27-22(26)25-11-10-17-18-12-16(23)8-9-19(18)24-20(17)21(25)15-6-4-3-5-7-15;1-2-11-29-21(26)24-10-9-16-17-12-14(22)5-8-18(17)23-19(16)20(24)13-3-6-15(7-4-13)25(27)28;1-24-19(23)22-10-9-14-15-11-13(20)7-8-16(15)21-17(14)18(22)12-5-3-2-4-6-12;1-25-19(24)23-9-8-14-15-10-12(20)4-7-16(15)22-17(14)18(23)11-2-5-13(21)6-3-11/h3-9,12,14,21,24H,10-11,13H2,1-2H3;3-8,12,20,23H,2,9-11H2,1H3;2-8,11,18,21H,9-10H2,1H3;2-7,10,18,22H,8-9H2,1H3. The van der Waals surface area contributed by atoms with Crippen LogP contribution < -0.4 is 0 Å². The van der Waals surface area contributed by atoms with E-state index in [1.54, 1.807) is 39.0 Å². The summed E-state index contributed by atoms with van der Waals surface area (Å²) in [4.78, 5) is 81.7. The summed E-state index contributed by atoms with van der Waals surface area (Å²) in [5, 5.41) is 16.9. The van der Waals surface area contributed by atoms with E-state index in [-0.39, 0.29) is 41.8 Å². The topological polar surface area (TPSA) is 224 Å². The summed E-state index contributed by atoms with van der Waals surface area (Å²) in [7, 11) is 2.80. The molecule has 105 heavy (non-hydrogen) atoms. The largest absolute Gasteiger partial charge is 0.453 e. The predicted molar refractivity (Wildman–Crippen MR) is 413 cm³/mol. The fraction of sp³-hybridized carbons (Fsp3) is 0.259. The summed E-state index contributed by atoms with van der Waals surface area (Å²) < 4.78 is 36.4. The highest BCUT2D eigenvalue weighted by atomic mass is 79.9. The Morgan fingerprint density at radius 3 is 1.17 bits per heavy atom. The number of carbonyl (C=O) groups is 4. The van der Waals surface area contributed by atoms with Gasteiger partial charge in [0.15, 0.2) is 0 Å². The summed E-state index contributed by atoms with van der Waals surface area (Å²) in [6, 6.07) is 55.5. The molecule has 4 amide bonds. The zero-order chi connectivity index (χ0) is 73.7. The molecular weight excluding hydrogens is 1510 g/mol. The first kappa shape index (κ1) is 73.2. The number of hydrogen-bond acceptors (Lipinski definition) is 10. The number of non-ortho nitro benzene ring substituents is 1. The molecule has 0 radical (unpaired) electrons. The zero-order valence-corrected chi connectivity index (χ0v) is 62.9. The number of amides is 4. The van der Waals surface area contributed by atoms with Gasteiger partial charge in [-0.2, -0.15) is 0 Å². The summed E-state index contributed by atoms with van der Waals surface area (Å²) in [5.41, 5.74) is 16.6. The van der Waals surface area contributed by atoms with E-state index in [0.717, 1.165) is 117 Å². The number of rotatable bonds is 9. The molecule has 8 heterocycles. The highest BCUT2D eigenvalue weighted by Gasteiger charge is 2.40. The number of hydrogen-bond donors (Lipinski definition) is 4. The van der Waals surface area contributed by atoms with E-state index in [9.17, 15) is 33.7 Å². The molecule has 4 aliphatic heterocycles. The van der Waals surface area contributed by atoms with Crippen molar-refractivity contribution in [2.45, 2.75) is 77.0 Å². The molecule has 0 spiro atoms. The monoisotopic (exact) mass is 1580 g/mol. The van der Waals surface area contributed by atoms with Crippen LogP contribution in [0.25, 0.3) is 43.6 Å². The minimum atomic E-state index is -0.436. The number of nitro benzene ring substituents is 1. The molecule has 0 saturated heterocycles. The van der Waals surface area contributed by atoms with Crippen LogP contribution in [0.1, 0.15) is 119 Å². The van der Waals surface area contributed by atoms with E-state index >= 15 is 0 Å². The van der Waals surface area contributed by atoms with Gasteiger partial charge in [-0.3, -0.25) is 29.7 Å². The second-order valence-electron chi connectivity index (χ2n) is 26.5. The van der Waals surface area contributed by atoms with Crippen LogP contribution in [-0.2, 0) is 44.6 Å². The van der Waals surface area contributed by atoms with Crippen LogP contribution in [0, 0.1) is 21.8 Å². The van der Waals surface area contributed by atoms with Crippen LogP contribution in [0.3, 0.4) is 0 Å². The molecule has 540 valence electrons. The highest BCUT2D eigenvalue weighted by molar-refractivity contribution is 9.10. The van der Waals surface area contributed by atoms with Crippen molar-refractivity contribution in [1.29, 1.82) is 0 Å². The Kier molecular flexibility index (Phi) is 22.4. The zero-order valence-electron chi connectivity index (χ0n) is 58.2. The minimum Gasteiger partial charge on any atom is -0.453 e. The van der Waals surface area contributed by atoms with E-state index < -0.39 is 23.2 Å². The number of aromatic amines is 4. The summed E-state index contributed by atoms with van der Waals surface area (Å²) >= 11 is 19.5. The van der Waals surface area contributed by atoms with Gasteiger partial charge >= 0.3 is 24.4 Å². The fourth-order valence-corrected chi connectivity index (χ4v) is 15.8. The maximum absolute atomic E-state index is 13.4. The van der Waals surface area contributed by atoms with Crippen molar-refractivity contribution in [3.63, 3.8) is 0 Å². The average molecular weight is 1590 g/mol. The van der Waals surface area contributed by atoms with Gasteiger partial charge in [-0.15, -0.1) is 0 Å². The third-order valence-electron chi connectivity index (χ3n) is 19.4. The minimum absolute atomic E-state index is 0.00770. The van der Waals surface area contributed by atoms with Gasteiger partial charge in [0.25, 0.3) is 5.69 Å². The van der Waals surface area contributed by atoms with Crippen LogP contribution in [0.15, 0.2) is 191 Å².